The molecule has 0 aliphatic rings. The van der Waals surface area contributed by atoms with Gasteiger partial charge in [-0.25, -0.2) is 4.98 Å². The van der Waals surface area contributed by atoms with Crippen LogP contribution in [0.3, 0.4) is 0 Å². The van der Waals surface area contributed by atoms with E-state index in [9.17, 15) is 9.18 Å². The van der Waals surface area contributed by atoms with E-state index < -0.39 is 11.9 Å². The van der Waals surface area contributed by atoms with Gasteiger partial charge in [0.15, 0.2) is 0 Å². The van der Waals surface area contributed by atoms with Crippen molar-refractivity contribution >= 4 is 34.2 Å². The Kier molecular flexibility index (Phi) is 3.90. The summed E-state index contributed by atoms with van der Waals surface area (Å²) in [5, 5.41) is 2.68. The number of carbonyl (C=O) groups is 1. The molecule has 0 fully saturated rings. The molecule has 18 heavy (non-hydrogen) atoms. The minimum atomic E-state index is -0.666. The number of carbonyl (C=O) groups excluding carboxylic acids is 1. The monoisotopic (exact) mass is 356 g/mol. The van der Waals surface area contributed by atoms with E-state index in [0.29, 0.717) is 5.69 Å². The molecule has 1 amide bonds. The quantitative estimate of drug-likeness (QED) is 0.662. The molecular weight excluding hydrogens is 346 g/mol. The van der Waals surface area contributed by atoms with Crippen LogP contribution in [-0.2, 0) is 0 Å². The van der Waals surface area contributed by atoms with Gasteiger partial charge < -0.3 is 5.32 Å². The first-order valence-corrected chi connectivity index (χ1v) is 6.34. The molecule has 0 saturated heterocycles. The van der Waals surface area contributed by atoms with E-state index in [-0.39, 0.29) is 5.69 Å². The van der Waals surface area contributed by atoms with Crippen LogP contribution in [0.2, 0.25) is 0 Å². The summed E-state index contributed by atoms with van der Waals surface area (Å²) in [6.07, 6.45) is 0. The van der Waals surface area contributed by atoms with Gasteiger partial charge >= 0.3 is 0 Å². The van der Waals surface area contributed by atoms with E-state index in [0.717, 1.165) is 9.13 Å². The topological polar surface area (TPSA) is 42.0 Å². The molecule has 0 unspecified atom stereocenters. The molecule has 3 nitrogen and oxygen atoms in total. The Balaban J connectivity index is 2.18. The van der Waals surface area contributed by atoms with Gasteiger partial charge in [-0.3, -0.25) is 4.79 Å². The molecule has 0 aliphatic heterocycles. The van der Waals surface area contributed by atoms with Gasteiger partial charge in [0.1, 0.15) is 5.69 Å². The molecule has 5 heteroatoms. The van der Waals surface area contributed by atoms with Crippen molar-refractivity contribution in [2.24, 2.45) is 0 Å². The minimum Gasteiger partial charge on any atom is -0.321 e. The fourth-order valence-electron chi connectivity index (χ4n) is 1.40. The molecule has 0 atom stereocenters. The van der Waals surface area contributed by atoms with Crippen molar-refractivity contribution in [3.05, 3.63) is 57.2 Å². The summed E-state index contributed by atoms with van der Waals surface area (Å²) in [7, 11) is 0. The maximum atomic E-state index is 12.9. The Morgan fingerprint density at radius 2 is 2.11 bits per heavy atom. The van der Waals surface area contributed by atoms with Crippen LogP contribution in [-0.4, -0.2) is 10.9 Å². The number of amides is 1. The van der Waals surface area contributed by atoms with Gasteiger partial charge in [0, 0.05) is 9.26 Å². The average molecular weight is 356 g/mol. The van der Waals surface area contributed by atoms with Crippen molar-refractivity contribution in [3.8, 4) is 0 Å². The number of hydrogen-bond donors (Lipinski definition) is 1. The van der Waals surface area contributed by atoms with Crippen molar-refractivity contribution < 1.29 is 9.18 Å². The lowest BCUT2D eigenvalue weighted by Crippen LogP contribution is -2.14. The number of nitrogens with one attached hydrogen (secondary N) is 1. The highest BCUT2D eigenvalue weighted by atomic mass is 127. The first-order valence-electron chi connectivity index (χ1n) is 5.26. The van der Waals surface area contributed by atoms with Crippen LogP contribution in [0.1, 0.15) is 16.1 Å². The van der Waals surface area contributed by atoms with Crippen LogP contribution in [0, 0.1) is 16.4 Å². The Labute approximate surface area is 118 Å². The van der Waals surface area contributed by atoms with Crippen LogP contribution < -0.4 is 5.32 Å². The van der Waals surface area contributed by atoms with Gasteiger partial charge in [0.25, 0.3) is 5.91 Å². The predicted octanol–water partition coefficient (Wildman–Crippen LogP) is 3.39. The zero-order chi connectivity index (χ0) is 13.1. The SMILES string of the molecule is Cc1ccc(NC(=O)c2cccc(F)n2)cc1I. The van der Waals surface area contributed by atoms with Crippen molar-refractivity contribution in [3.63, 3.8) is 0 Å². The lowest BCUT2D eigenvalue weighted by Gasteiger charge is -2.06. The summed E-state index contributed by atoms with van der Waals surface area (Å²) < 4.78 is 13.9. The molecule has 1 aromatic carbocycles. The summed E-state index contributed by atoms with van der Waals surface area (Å²) in [5.41, 5.74) is 1.86. The van der Waals surface area contributed by atoms with Gasteiger partial charge in [-0.05, 0) is 59.3 Å². The average Bonchev–Trinajstić information content (AvgIpc) is 2.34. The minimum absolute atomic E-state index is 0.0607. The third-order valence-corrected chi connectivity index (χ3v) is 3.54. The van der Waals surface area contributed by atoms with Crippen molar-refractivity contribution in [1.82, 2.24) is 4.98 Å². The van der Waals surface area contributed by atoms with E-state index >= 15 is 0 Å². The predicted molar refractivity (Wildman–Crippen MR) is 76.0 cm³/mol. The normalized spacial score (nSPS) is 10.2. The van der Waals surface area contributed by atoms with E-state index in [1.54, 1.807) is 6.07 Å². The number of halogens is 2. The highest BCUT2D eigenvalue weighted by Gasteiger charge is 2.08. The largest absolute Gasteiger partial charge is 0.321 e. The number of hydrogen-bond acceptors (Lipinski definition) is 2. The van der Waals surface area contributed by atoms with Crippen LogP contribution >= 0.6 is 22.6 Å². The van der Waals surface area contributed by atoms with E-state index in [4.69, 9.17) is 0 Å². The molecule has 1 heterocycles. The van der Waals surface area contributed by atoms with Crippen molar-refractivity contribution in [1.29, 1.82) is 0 Å². The highest BCUT2D eigenvalue weighted by molar-refractivity contribution is 14.1. The van der Waals surface area contributed by atoms with Crippen LogP contribution in [0.15, 0.2) is 36.4 Å². The van der Waals surface area contributed by atoms with Crippen LogP contribution in [0.5, 0.6) is 0 Å². The van der Waals surface area contributed by atoms with Gasteiger partial charge in [-0.2, -0.15) is 4.39 Å². The molecule has 2 rings (SSSR count). The second-order valence-electron chi connectivity index (χ2n) is 3.76. The maximum absolute atomic E-state index is 12.9. The molecule has 1 aromatic heterocycles. The second-order valence-corrected chi connectivity index (χ2v) is 4.93. The zero-order valence-corrected chi connectivity index (χ0v) is 11.7. The lowest BCUT2D eigenvalue weighted by molar-refractivity contribution is 0.102. The fourth-order valence-corrected chi connectivity index (χ4v) is 1.92. The molecular formula is C13H10FIN2O. The summed E-state index contributed by atoms with van der Waals surface area (Å²) >= 11 is 2.19. The van der Waals surface area contributed by atoms with Gasteiger partial charge in [-0.15, -0.1) is 0 Å². The smallest absolute Gasteiger partial charge is 0.274 e. The third-order valence-electron chi connectivity index (χ3n) is 2.38. The number of aromatic nitrogens is 1. The van der Waals surface area contributed by atoms with E-state index in [1.807, 2.05) is 19.1 Å². The fraction of sp³-hybridized carbons (Fsp3) is 0.0769. The van der Waals surface area contributed by atoms with E-state index in [2.05, 4.69) is 32.9 Å². The summed E-state index contributed by atoms with van der Waals surface area (Å²) in [6.45, 7) is 1.99. The number of rotatable bonds is 2. The molecule has 0 saturated carbocycles. The van der Waals surface area contributed by atoms with Crippen LogP contribution in [0.4, 0.5) is 10.1 Å². The number of anilines is 1. The molecule has 0 bridgehead atoms. The van der Waals surface area contributed by atoms with Gasteiger partial charge in [-0.1, -0.05) is 12.1 Å². The van der Waals surface area contributed by atoms with Crippen molar-refractivity contribution in [2.45, 2.75) is 6.92 Å². The number of benzene rings is 1. The standard InChI is InChI=1S/C13H10FIN2O/c1-8-5-6-9(7-10(8)15)16-13(18)11-3-2-4-12(14)17-11/h2-7H,1H3,(H,16,18). The Hall–Kier alpha value is -1.50. The summed E-state index contributed by atoms with van der Waals surface area (Å²) in [5.74, 6) is -1.09. The van der Waals surface area contributed by atoms with Gasteiger partial charge in [0.2, 0.25) is 5.95 Å². The first-order chi connectivity index (χ1) is 8.56. The molecule has 1 N–H and O–H groups in total. The maximum Gasteiger partial charge on any atom is 0.274 e. The summed E-state index contributed by atoms with van der Waals surface area (Å²) in [4.78, 5) is 15.3. The lowest BCUT2D eigenvalue weighted by atomic mass is 10.2. The van der Waals surface area contributed by atoms with Crippen molar-refractivity contribution in [2.75, 3.05) is 5.32 Å². The highest BCUT2D eigenvalue weighted by Crippen LogP contribution is 2.17. The first kappa shape index (κ1) is 12.9. The number of nitrogens with zero attached hydrogens (tertiary/aromatic N) is 1. The van der Waals surface area contributed by atoms with E-state index in [1.165, 1.54) is 18.2 Å². The Morgan fingerprint density at radius 3 is 2.78 bits per heavy atom. The molecule has 0 spiro atoms. The molecule has 0 radical (unpaired) electrons. The summed E-state index contributed by atoms with van der Waals surface area (Å²) in [6, 6.07) is 9.69. The Morgan fingerprint density at radius 1 is 1.33 bits per heavy atom. The Bertz CT molecular complexity index is 601. The number of aryl methyl sites for hydroxylation is 1. The molecule has 2 aromatic rings. The second kappa shape index (κ2) is 5.43. The molecule has 0 aliphatic carbocycles. The zero-order valence-electron chi connectivity index (χ0n) is 9.58. The van der Waals surface area contributed by atoms with Gasteiger partial charge in [0.05, 0.1) is 0 Å². The van der Waals surface area contributed by atoms with Crippen LogP contribution in [0.25, 0.3) is 0 Å². The number of pyridine rings is 1. The third kappa shape index (κ3) is 3.04. The molecule has 92 valence electrons.